The number of rotatable bonds is 2. The van der Waals surface area contributed by atoms with E-state index in [0.717, 1.165) is 0 Å². The molecule has 0 saturated carbocycles. The molecule has 0 heterocycles. The van der Waals surface area contributed by atoms with Crippen molar-refractivity contribution >= 4 is 10.8 Å². The van der Waals surface area contributed by atoms with Gasteiger partial charge >= 0.3 is 5.51 Å². The molecule has 0 aliphatic rings. The van der Waals surface area contributed by atoms with Crippen LogP contribution in [0.5, 0.6) is 0 Å². The van der Waals surface area contributed by atoms with Gasteiger partial charge in [0.05, 0.1) is 0 Å². The molecule has 6 heteroatoms. The second-order valence-electron chi connectivity index (χ2n) is 2.92. The summed E-state index contributed by atoms with van der Waals surface area (Å²) in [5, 5.41) is 0. The van der Waals surface area contributed by atoms with Crippen LogP contribution in [0.3, 0.4) is 0 Å². The summed E-state index contributed by atoms with van der Waals surface area (Å²) in [5.74, 6) is -0.559. The van der Waals surface area contributed by atoms with Crippen molar-refractivity contribution in [3.63, 3.8) is 0 Å². The smallest absolute Gasteiger partial charge is 0.325 e. The molecule has 0 saturated heterocycles. The molecule has 0 amide bonds. The van der Waals surface area contributed by atoms with Gasteiger partial charge in [-0.1, -0.05) is 0 Å². The van der Waals surface area contributed by atoms with Gasteiger partial charge in [0.1, 0.15) is 10.8 Å². The molecule has 11 heavy (non-hydrogen) atoms. The summed E-state index contributed by atoms with van der Waals surface area (Å²) in [6.07, 6.45) is 0. The normalized spacial score (nSPS) is 16.5. The van der Waals surface area contributed by atoms with Crippen molar-refractivity contribution in [3.8, 4) is 0 Å². The quantitative estimate of drug-likeness (QED) is 0.704. The fourth-order valence-corrected chi connectivity index (χ4v) is 1.26. The molecule has 0 bridgehead atoms. The van der Waals surface area contributed by atoms with Crippen LogP contribution < -0.4 is 5.73 Å². The third-order valence-electron chi connectivity index (χ3n) is 0.761. The molecular weight excluding hydrogens is 179 g/mol. The maximum absolute atomic E-state index is 11.6. The number of halogens is 3. The molecule has 0 fully saturated rings. The number of hydrogen-bond donors (Lipinski definition) is 1. The largest absolute Gasteiger partial charge is 0.471 e. The Bertz CT molecular complexity index is 160. The van der Waals surface area contributed by atoms with E-state index >= 15 is 0 Å². The van der Waals surface area contributed by atoms with Crippen LogP contribution in [0.25, 0.3) is 0 Å². The lowest BCUT2D eigenvalue weighted by molar-refractivity contribution is -0.0387. The fraction of sp³-hybridized carbons (Fsp3) is 1.00. The van der Waals surface area contributed by atoms with E-state index in [9.17, 15) is 17.4 Å². The van der Waals surface area contributed by atoms with Crippen LogP contribution in [0, 0.1) is 0 Å². The van der Waals surface area contributed by atoms with Gasteiger partial charge in [-0.2, -0.15) is 13.2 Å². The molecule has 0 aliphatic carbocycles. The Morgan fingerprint density at radius 2 is 1.73 bits per heavy atom. The Labute approximate surface area is 65.4 Å². The molecule has 0 aromatic carbocycles. The summed E-state index contributed by atoms with van der Waals surface area (Å²) < 4.78 is 45.3. The van der Waals surface area contributed by atoms with Crippen LogP contribution in [-0.4, -0.2) is 21.0 Å². The molecule has 0 rings (SSSR count). The van der Waals surface area contributed by atoms with Crippen LogP contribution >= 0.6 is 0 Å². The van der Waals surface area contributed by atoms with Crippen LogP contribution in [0.2, 0.25) is 0 Å². The van der Waals surface area contributed by atoms with Gasteiger partial charge in [0.2, 0.25) is 0 Å². The first kappa shape index (κ1) is 10.9. The molecule has 68 valence electrons. The molecule has 1 unspecified atom stereocenters. The number of nitrogens with two attached hydrogens (primary N) is 1. The summed E-state index contributed by atoms with van der Waals surface area (Å²) in [4.78, 5) is 0. The predicted molar refractivity (Wildman–Crippen MR) is 37.3 cm³/mol. The van der Waals surface area contributed by atoms with Crippen molar-refractivity contribution in [2.45, 2.75) is 24.9 Å². The molecule has 1 atom stereocenters. The molecular formula is C5H10F3NOS. The first-order chi connectivity index (χ1) is 4.63. The molecule has 0 aliphatic heterocycles. The van der Waals surface area contributed by atoms with Crippen molar-refractivity contribution < 1.29 is 17.4 Å². The predicted octanol–water partition coefficient (Wildman–Crippen LogP) is 0.992. The average molecular weight is 189 g/mol. The van der Waals surface area contributed by atoms with Crippen LogP contribution in [-0.2, 0) is 10.8 Å². The topological polar surface area (TPSA) is 43.1 Å². The average Bonchev–Trinajstić information content (AvgIpc) is 1.56. The van der Waals surface area contributed by atoms with Crippen LogP contribution in [0.1, 0.15) is 13.8 Å². The maximum atomic E-state index is 11.6. The van der Waals surface area contributed by atoms with E-state index in [-0.39, 0.29) is 0 Å². The zero-order valence-electron chi connectivity index (χ0n) is 6.23. The third kappa shape index (κ3) is 5.20. The number of alkyl halides is 3. The van der Waals surface area contributed by atoms with Gasteiger partial charge in [-0.15, -0.1) is 0 Å². The van der Waals surface area contributed by atoms with Crippen molar-refractivity contribution in [3.05, 3.63) is 0 Å². The first-order valence-corrected chi connectivity index (χ1v) is 4.19. The highest BCUT2D eigenvalue weighted by atomic mass is 32.2. The molecule has 2 N–H and O–H groups in total. The Morgan fingerprint density at radius 1 is 1.36 bits per heavy atom. The molecule has 0 aromatic rings. The monoisotopic (exact) mass is 189 g/mol. The van der Waals surface area contributed by atoms with Crippen molar-refractivity contribution in [1.29, 1.82) is 0 Å². The lowest BCUT2D eigenvalue weighted by Crippen LogP contribution is -2.41. The van der Waals surface area contributed by atoms with Gasteiger partial charge in [-0.3, -0.25) is 4.21 Å². The highest BCUT2D eigenvalue weighted by Gasteiger charge is 2.38. The highest BCUT2D eigenvalue weighted by Crippen LogP contribution is 2.21. The van der Waals surface area contributed by atoms with E-state index in [1.807, 2.05) is 0 Å². The minimum Gasteiger partial charge on any atom is -0.325 e. The van der Waals surface area contributed by atoms with Crippen molar-refractivity contribution in [2.24, 2.45) is 5.73 Å². The Hall–Kier alpha value is -0.100. The zero-order valence-corrected chi connectivity index (χ0v) is 7.05. The van der Waals surface area contributed by atoms with Gasteiger partial charge in [0, 0.05) is 11.3 Å². The van der Waals surface area contributed by atoms with Gasteiger partial charge in [-0.25, -0.2) is 0 Å². The minimum atomic E-state index is -4.64. The molecule has 0 spiro atoms. The summed E-state index contributed by atoms with van der Waals surface area (Å²) in [7, 11) is -2.83. The number of hydrogen-bond acceptors (Lipinski definition) is 2. The summed E-state index contributed by atoms with van der Waals surface area (Å²) in [6.45, 7) is 2.80. The molecule has 0 aromatic heterocycles. The third-order valence-corrected chi connectivity index (χ3v) is 2.28. The summed E-state index contributed by atoms with van der Waals surface area (Å²) in [6, 6.07) is 0. The second kappa shape index (κ2) is 3.10. The van der Waals surface area contributed by atoms with E-state index in [1.54, 1.807) is 0 Å². The lowest BCUT2D eigenvalue weighted by Gasteiger charge is -2.18. The van der Waals surface area contributed by atoms with Gasteiger partial charge in [0.15, 0.2) is 0 Å². The van der Waals surface area contributed by atoms with Crippen molar-refractivity contribution in [2.75, 3.05) is 5.75 Å². The van der Waals surface area contributed by atoms with Gasteiger partial charge < -0.3 is 5.73 Å². The van der Waals surface area contributed by atoms with E-state index in [4.69, 9.17) is 5.73 Å². The maximum Gasteiger partial charge on any atom is 0.471 e. The van der Waals surface area contributed by atoms with Gasteiger partial charge in [0.25, 0.3) is 0 Å². The van der Waals surface area contributed by atoms with E-state index in [0.29, 0.717) is 0 Å². The highest BCUT2D eigenvalue weighted by molar-refractivity contribution is 7.85. The van der Waals surface area contributed by atoms with E-state index in [2.05, 4.69) is 0 Å². The van der Waals surface area contributed by atoms with Gasteiger partial charge in [-0.05, 0) is 13.8 Å². The Morgan fingerprint density at radius 3 is 1.82 bits per heavy atom. The van der Waals surface area contributed by atoms with E-state index in [1.165, 1.54) is 13.8 Å². The Kier molecular flexibility index (Phi) is 3.07. The molecule has 2 nitrogen and oxygen atoms in total. The van der Waals surface area contributed by atoms with Crippen LogP contribution in [0.15, 0.2) is 0 Å². The van der Waals surface area contributed by atoms with E-state index < -0.39 is 27.6 Å². The SMILES string of the molecule is CC(C)(N)CS(=O)C(F)(F)F. The lowest BCUT2D eigenvalue weighted by atomic mass is 10.1. The summed E-state index contributed by atoms with van der Waals surface area (Å²) >= 11 is 0. The first-order valence-electron chi connectivity index (χ1n) is 2.87. The Balaban J connectivity index is 4.11. The fourth-order valence-electron chi connectivity index (χ4n) is 0.420. The molecule has 0 radical (unpaired) electrons. The summed E-state index contributed by atoms with van der Waals surface area (Å²) in [5.41, 5.74) is -0.444. The van der Waals surface area contributed by atoms with Crippen LogP contribution in [0.4, 0.5) is 13.2 Å². The van der Waals surface area contributed by atoms with Crippen molar-refractivity contribution in [1.82, 2.24) is 0 Å². The second-order valence-corrected chi connectivity index (χ2v) is 4.37. The standard InChI is InChI=1S/C5H10F3NOS/c1-4(2,9)3-11(10)5(6,7)8/h3,9H2,1-2H3. The minimum absolute atomic E-state index is 0.559. The zero-order chi connectivity index (χ0) is 9.28.